The molecule has 1 atom stereocenters. The van der Waals surface area contributed by atoms with Crippen LogP contribution in [0.15, 0.2) is 23.1 Å². The summed E-state index contributed by atoms with van der Waals surface area (Å²) in [6.45, 7) is 7.91. The molecule has 1 aliphatic carbocycles. The van der Waals surface area contributed by atoms with E-state index < -0.39 is 5.92 Å². The standard InChI is InChI=1S/C28H37F2N5O3/c1-18-14-24-22(15-21(18)27(37)34-12-11-33(19(2)17-34)10-4-5-13-38-3)25-23(26(36)32-24)16-31-35(25)20-6-8-28(29,30)9-7-20/h14-16,19-20H,4-13,17H2,1-3H3,(H,32,36)/t19-/m0/s1. The van der Waals surface area contributed by atoms with Crippen LogP contribution >= 0.6 is 0 Å². The molecule has 5 rings (SSSR count). The number of amides is 1. The third kappa shape index (κ3) is 5.20. The Bertz CT molecular complexity index is 1370. The molecule has 0 bridgehead atoms. The molecule has 0 unspecified atom stereocenters. The van der Waals surface area contributed by atoms with Crippen LogP contribution in [0.25, 0.3) is 21.8 Å². The van der Waals surface area contributed by atoms with Gasteiger partial charge in [0.2, 0.25) is 5.92 Å². The van der Waals surface area contributed by atoms with Gasteiger partial charge in [-0.3, -0.25) is 19.2 Å². The van der Waals surface area contributed by atoms with E-state index in [-0.39, 0.29) is 36.4 Å². The summed E-state index contributed by atoms with van der Waals surface area (Å²) in [6, 6.07) is 3.73. The van der Waals surface area contributed by atoms with Crippen LogP contribution in [0.2, 0.25) is 0 Å². The van der Waals surface area contributed by atoms with Crippen molar-refractivity contribution in [2.24, 2.45) is 0 Å². The normalized spacial score (nSPS) is 21.0. The van der Waals surface area contributed by atoms with E-state index in [0.29, 0.717) is 53.3 Å². The summed E-state index contributed by atoms with van der Waals surface area (Å²) in [7, 11) is 1.72. The van der Waals surface area contributed by atoms with E-state index in [1.54, 1.807) is 11.8 Å². The van der Waals surface area contributed by atoms with Crippen molar-refractivity contribution in [1.29, 1.82) is 0 Å². The van der Waals surface area contributed by atoms with Gasteiger partial charge in [0.1, 0.15) is 0 Å². The number of unbranched alkanes of at least 4 members (excludes halogenated alkanes) is 1. The molecule has 0 radical (unpaired) electrons. The molecular weight excluding hydrogens is 492 g/mol. The minimum atomic E-state index is -2.65. The smallest absolute Gasteiger partial charge is 0.259 e. The SMILES string of the molecule is COCCCCN1CCN(C(=O)c2cc3c(cc2C)[nH]c(=O)c2cnn(C4CCC(F)(F)CC4)c23)C[C@@H]1C. The van der Waals surface area contributed by atoms with Gasteiger partial charge in [-0.05, 0) is 63.8 Å². The average molecular weight is 530 g/mol. The van der Waals surface area contributed by atoms with Crippen molar-refractivity contribution in [1.82, 2.24) is 24.6 Å². The molecule has 2 fully saturated rings. The number of rotatable bonds is 7. The molecule has 206 valence electrons. The summed E-state index contributed by atoms with van der Waals surface area (Å²) in [5, 5.41) is 5.59. The first-order valence-corrected chi connectivity index (χ1v) is 13.6. The number of halogens is 2. The van der Waals surface area contributed by atoms with Crippen LogP contribution in [0.1, 0.15) is 67.4 Å². The number of aromatic nitrogens is 3. The predicted octanol–water partition coefficient (Wildman–Crippen LogP) is 4.51. The van der Waals surface area contributed by atoms with Crippen LogP contribution in [-0.4, -0.2) is 82.3 Å². The Morgan fingerprint density at radius 3 is 2.66 bits per heavy atom. The van der Waals surface area contributed by atoms with Crippen molar-refractivity contribution < 1.29 is 18.3 Å². The predicted molar refractivity (Wildman–Crippen MR) is 143 cm³/mol. The fourth-order valence-corrected chi connectivity index (χ4v) is 6.01. The average Bonchev–Trinajstić information content (AvgIpc) is 3.33. The molecule has 1 aromatic carbocycles. The summed E-state index contributed by atoms with van der Waals surface area (Å²) in [5.74, 6) is -2.68. The van der Waals surface area contributed by atoms with Crippen molar-refractivity contribution in [3.63, 3.8) is 0 Å². The molecular formula is C28H37F2N5O3. The van der Waals surface area contributed by atoms with Gasteiger partial charge >= 0.3 is 0 Å². The number of carbonyl (C=O) groups excluding carboxylic acids is 1. The molecule has 3 heterocycles. The van der Waals surface area contributed by atoms with Crippen molar-refractivity contribution in [3.8, 4) is 0 Å². The summed E-state index contributed by atoms with van der Waals surface area (Å²) in [4.78, 5) is 33.8. The van der Waals surface area contributed by atoms with Gasteiger partial charge in [0, 0.05) is 63.2 Å². The third-order valence-corrected chi connectivity index (χ3v) is 8.27. The van der Waals surface area contributed by atoms with E-state index in [1.807, 2.05) is 24.0 Å². The van der Waals surface area contributed by atoms with E-state index in [1.165, 1.54) is 6.20 Å². The number of fused-ring (bicyclic) bond motifs is 3. The van der Waals surface area contributed by atoms with E-state index in [0.717, 1.165) is 38.1 Å². The first-order chi connectivity index (χ1) is 18.2. The lowest BCUT2D eigenvalue weighted by molar-refractivity contribution is -0.0445. The van der Waals surface area contributed by atoms with E-state index in [2.05, 4.69) is 21.9 Å². The Hall–Kier alpha value is -2.85. The quantitative estimate of drug-likeness (QED) is 0.456. The highest BCUT2D eigenvalue weighted by Gasteiger charge is 2.36. The number of alkyl halides is 2. The molecule has 0 spiro atoms. The number of methoxy groups -OCH3 is 1. The molecule has 1 saturated carbocycles. The maximum Gasteiger partial charge on any atom is 0.259 e. The van der Waals surface area contributed by atoms with Crippen LogP contribution in [-0.2, 0) is 4.74 Å². The number of piperazine rings is 1. The van der Waals surface area contributed by atoms with Crippen LogP contribution in [0.4, 0.5) is 8.78 Å². The lowest BCUT2D eigenvalue weighted by atomic mass is 9.92. The third-order valence-electron chi connectivity index (χ3n) is 8.27. The summed E-state index contributed by atoms with van der Waals surface area (Å²) in [5.41, 5.74) is 2.34. The monoisotopic (exact) mass is 529 g/mol. The number of H-pyrrole nitrogens is 1. The van der Waals surface area contributed by atoms with Crippen molar-refractivity contribution in [2.75, 3.05) is 39.9 Å². The fourth-order valence-electron chi connectivity index (χ4n) is 6.01. The molecule has 1 aliphatic heterocycles. The lowest BCUT2D eigenvalue weighted by Crippen LogP contribution is -2.53. The van der Waals surface area contributed by atoms with Crippen LogP contribution < -0.4 is 5.56 Å². The number of benzene rings is 1. The van der Waals surface area contributed by atoms with E-state index in [4.69, 9.17) is 4.74 Å². The molecule has 1 saturated heterocycles. The Labute approximate surface area is 220 Å². The van der Waals surface area contributed by atoms with Gasteiger partial charge in [0.15, 0.2) is 0 Å². The largest absolute Gasteiger partial charge is 0.385 e. The summed E-state index contributed by atoms with van der Waals surface area (Å²) < 4.78 is 34.5. The zero-order chi connectivity index (χ0) is 27.0. The summed E-state index contributed by atoms with van der Waals surface area (Å²) in [6.07, 6.45) is 3.80. The highest BCUT2D eigenvalue weighted by molar-refractivity contribution is 6.07. The van der Waals surface area contributed by atoms with Gasteiger partial charge < -0.3 is 14.6 Å². The van der Waals surface area contributed by atoms with E-state index >= 15 is 0 Å². The minimum Gasteiger partial charge on any atom is -0.385 e. The number of nitrogens with one attached hydrogen (secondary N) is 1. The second kappa shape index (κ2) is 10.7. The van der Waals surface area contributed by atoms with Crippen LogP contribution in [0.3, 0.4) is 0 Å². The molecule has 10 heteroatoms. The molecule has 2 aliphatic rings. The van der Waals surface area contributed by atoms with Crippen LogP contribution in [0, 0.1) is 6.92 Å². The molecule has 2 aromatic heterocycles. The Morgan fingerprint density at radius 2 is 1.95 bits per heavy atom. The Balaban J connectivity index is 1.43. The number of pyridine rings is 1. The number of ether oxygens (including phenoxy) is 1. The number of carbonyl (C=O) groups is 1. The van der Waals surface area contributed by atoms with Gasteiger partial charge in [-0.2, -0.15) is 5.10 Å². The number of nitrogens with zero attached hydrogens (tertiary/aromatic N) is 4. The number of hydrogen-bond donors (Lipinski definition) is 1. The topological polar surface area (TPSA) is 83.5 Å². The second-order valence-electron chi connectivity index (χ2n) is 10.9. The maximum absolute atomic E-state index is 13.8. The summed E-state index contributed by atoms with van der Waals surface area (Å²) >= 11 is 0. The number of aromatic amines is 1. The maximum atomic E-state index is 13.8. The van der Waals surface area contributed by atoms with Crippen molar-refractivity contribution in [3.05, 3.63) is 39.8 Å². The first kappa shape index (κ1) is 26.7. The first-order valence-electron chi connectivity index (χ1n) is 13.6. The molecule has 3 aromatic rings. The van der Waals surface area contributed by atoms with Crippen molar-refractivity contribution >= 4 is 27.7 Å². The highest BCUT2D eigenvalue weighted by Crippen LogP contribution is 2.40. The number of aryl methyl sites for hydroxylation is 1. The van der Waals surface area contributed by atoms with Gasteiger partial charge in [0.25, 0.3) is 11.5 Å². The number of hydrogen-bond acceptors (Lipinski definition) is 5. The Morgan fingerprint density at radius 1 is 1.18 bits per heavy atom. The van der Waals surface area contributed by atoms with Crippen molar-refractivity contribution in [2.45, 2.75) is 70.4 Å². The lowest BCUT2D eigenvalue weighted by Gasteiger charge is -2.40. The second-order valence-corrected chi connectivity index (χ2v) is 10.9. The zero-order valence-electron chi connectivity index (χ0n) is 22.4. The molecule has 8 nitrogen and oxygen atoms in total. The highest BCUT2D eigenvalue weighted by atomic mass is 19.3. The molecule has 1 amide bonds. The molecule has 38 heavy (non-hydrogen) atoms. The fraction of sp³-hybridized carbons (Fsp3) is 0.607. The van der Waals surface area contributed by atoms with Gasteiger partial charge in [-0.25, -0.2) is 8.78 Å². The van der Waals surface area contributed by atoms with Gasteiger partial charge in [-0.15, -0.1) is 0 Å². The minimum absolute atomic E-state index is 0.0296. The Kier molecular flexibility index (Phi) is 7.55. The van der Waals surface area contributed by atoms with E-state index in [9.17, 15) is 18.4 Å². The molecule has 1 N–H and O–H groups in total. The van der Waals surface area contributed by atoms with Gasteiger partial charge in [-0.1, -0.05) is 0 Å². The van der Waals surface area contributed by atoms with Crippen LogP contribution in [0.5, 0.6) is 0 Å². The zero-order valence-corrected chi connectivity index (χ0v) is 22.4. The van der Waals surface area contributed by atoms with Gasteiger partial charge in [0.05, 0.1) is 28.7 Å².